The SMILES string of the molecule is NCc1ccccc1.O=[PH3]. The Labute approximate surface area is 62.7 Å². The maximum absolute atomic E-state index is 8.28. The van der Waals surface area contributed by atoms with Gasteiger partial charge >= 0.3 is 0 Å². The second-order valence-electron chi connectivity index (χ2n) is 1.69. The monoisotopic (exact) mass is 157 g/mol. The van der Waals surface area contributed by atoms with Crippen molar-refractivity contribution in [2.45, 2.75) is 6.54 Å². The molecule has 0 spiro atoms. The van der Waals surface area contributed by atoms with Crippen molar-refractivity contribution >= 4 is 9.12 Å². The lowest BCUT2D eigenvalue weighted by molar-refractivity contribution is 0.607. The van der Waals surface area contributed by atoms with Crippen molar-refractivity contribution in [2.24, 2.45) is 5.73 Å². The van der Waals surface area contributed by atoms with E-state index < -0.39 is 0 Å². The van der Waals surface area contributed by atoms with Crippen molar-refractivity contribution in [3.63, 3.8) is 0 Å². The highest BCUT2D eigenvalue weighted by atomic mass is 31.0. The fourth-order valence-electron chi connectivity index (χ4n) is 0.614. The van der Waals surface area contributed by atoms with Gasteiger partial charge in [-0.3, -0.25) is 0 Å². The van der Waals surface area contributed by atoms with E-state index in [1.807, 2.05) is 30.3 Å². The first kappa shape index (κ1) is 9.41. The summed E-state index contributed by atoms with van der Waals surface area (Å²) in [6.07, 6.45) is 0. The van der Waals surface area contributed by atoms with Crippen LogP contribution in [0.1, 0.15) is 5.56 Å². The van der Waals surface area contributed by atoms with Crippen LogP contribution in [-0.4, -0.2) is 0 Å². The van der Waals surface area contributed by atoms with Gasteiger partial charge in [0, 0.05) is 6.54 Å². The summed E-state index contributed by atoms with van der Waals surface area (Å²) >= 11 is 0. The van der Waals surface area contributed by atoms with Gasteiger partial charge < -0.3 is 10.3 Å². The van der Waals surface area contributed by atoms with E-state index >= 15 is 0 Å². The van der Waals surface area contributed by atoms with Crippen molar-refractivity contribution in [2.75, 3.05) is 0 Å². The molecule has 0 heterocycles. The normalized spacial score (nSPS) is 8.10. The molecule has 0 aromatic heterocycles. The van der Waals surface area contributed by atoms with E-state index in [9.17, 15) is 0 Å². The summed E-state index contributed by atoms with van der Waals surface area (Å²) in [6.45, 7) is 0.640. The fraction of sp³-hybridized carbons (Fsp3) is 0.143. The molecule has 0 aliphatic heterocycles. The zero-order valence-electron chi connectivity index (χ0n) is 5.79. The first-order chi connectivity index (χ1) is 4.93. The summed E-state index contributed by atoms with van der Waals surface area (Å²) in [5, 5.41) is 0. The Kier molecular flexibility index (Phi) is 6.14. The second-order valence-corrected chi connectivity index (χ2v) is 1.69. The summed E-state index contributed by atoms with van der Waals surface area (Å²) in [5.74, 6) is 0. The molecule has 0 saturated carbocycles. The smallest absolute Gasteiger partial charge is 0.0527 e. The topological polar surface area (TPSA) is 43.1 Å². The molecular weight excluding hydrogens is 145 g/mol. The van der Waals surface area contributed by atoms with Gasteiger partial charge in [0.05, 0.1) is 9.12 Å². The highest BCUT2D eigenvalue weighted by Crippen LogP contribution is 1.94. The van der Waals surface area contributed by atoms with Crippen molar-refractivity contribution in [1.82, 2.24) is 0 Å². The van der Waals surface area contributed by atoms with E-state index in [1.54, 1.807) is 0 Å². The molecular formula is C7H12NOP. The molecule has 0 bridgehead atoms. The average molecular weight is 157 g/mol. The van der Waals surface area contributed by atoms with E-state index in [0.717, 1.165) is 0 Å². The highest BCUT2D eigenvalue weighted by molar-refractivity contribution is 7.00. The molecule has 0 fully saturated rings. The minimum absolute atomic E-state index is 0.611. The quantitative estimate of drug-likeness (QED) is 0.620. The molecule has 56 valence electrons. The van der Waals surface area contributed by atoms with E-state index in [1.165, 1.54) is 5.56 Å². The summed E-state index contributed by atoms with van der Waals surface area (Å²) in [4.78, 5) is 0. The van der Waals surface area contributed by atoms with E-state index in [4.69, 9.17) is 10.3 Å². The van der Waals surface area contributed by atoms with Gasteiger partial charge in [0.15, 0.2) is 0 Å². The maximum Gasteiger partial charge on any atom is 0.0527 e. The molecule has 0 saturated heterocycles. The highest BCUT2D eigenvalue weighted by Gasteiger charge is 1.80. The number of benzene rings is 1. The lowest BCUT2D eigenvalue weighted by atomic mass is 10.2. The summed E-state index contributed by atoms with van der Waals surface area (Å²) in [6, 6.07) is 9.99. The largest absolute Gasteiger partial charge is 0.333 e. The molecule has 0 radical (unpaired) electrons. The molecule has 1 atom stereocenters. The molecule has 1 rings (SSSR count). The number of rotatable bonds is 1. The van der Waals surface area contributed by atoms with E-state index in [2.05, 4.69) is 0 Å². The third-order valence-corrected chi connectivity index (χ3v) is 1.08. The molecule has 2 N–H and O–H groups in total. The van der Waals surface area contributed by atoms with Crippen molar-refractivity contribution < 1.29 is 4.57 Å². The zero-order chi connectivity index (χ0) is 7.82. The molecule has 0 aliphatic rings. The predicted molar refractivity (Wildman–Crippen MR) is 46.1 cm³/mol. The van der Waals surface area contributed by atoms with Gasteiger partial charge in [0.1, 0.15) is 0 Å². The Morgan fingerprint density at radius 2 is 1.70 bits per heavy atom. The Bertz CT molecular complexity index is 167. The Morgan fingerprint density at radius 3 is 2.00 bits per heavy atom. The van der Waals surface area contributed by atoms with Crippen LogP contribution in [0.3, 0.4) is 0 Å². The lowest BCUT2D eigenvalue weighted by Gasteiger charge is -1.90. The fourth-order valence-corrected chi connectivity index (χ4v) is 0.614. The van der Waals surface area contributed by atoms with Crippen LogP contribution in [0.5, 0.6) is 0 Å². The van der Waals surface area contributed by atoms with E-state index in [0.29, 0.717) is 15.7 Å². The molecule has 10 heavy (non-hydrogen) atoms. The van der Waals surface area contributed by atoms with Crippen LogP contribution in [0.4, 0.5) is 0 Å². The summed E-state index contributed by atoms with van der Waals surface area (Å²) in [5.41, 5.74) is 6.54. The molecule has 3 heteroatoms. The van der Waals surface area contributed by atoms with E-state index in [-0.39, 0.29) is 0 Å². The first-order valence-corrected chi connectivity index (χ1v) is 3.54. The van der Waals surface area contributed by atoms with Crippen LogP contribution in [0.2, 0.25) is 0 Å². The molecule has 1 aromatic rings. The van der Waals surface area contributed by atoms with Crippen molar-refractivity contribution in [3.05, 3.63) is 35.9 Å². The molecule has 0 aliphatic carbocycles. The molecule has 1 unspecified atom stereocenters. The van der Waals surface area contributed by atoms with Crippen molar-refractivity contribution in [1.29, 1.82) is 0 Å². The van der Waals surface area contributed by atoms with Gasteiger partial charge in [-0.15, -0.1) is 0 Å². The van der Waals surface area contributed by atoms with Crippen LogP contribution in [0, 0.1) is 0 Å². The Hall–Kier alpha value is -0.590. The molecule has 1 aromatic carbocycles. The minimum atomic E-state index is 0.611. The number of hydrogen-bond acceptors (Lipinski definition) is 2. The predicted octanol–water partition coefficient (Wildman–Crippen LogP) is 1.08. The second kappa shape index (κ2) is 6.53. The molecule has 0 amide bonds. The first-order valence-electron chi connectivity index (χ1n) is 2.96. The Balaban J connectivity index is 0.000000371. The Morgan fingerprint density at radius 1 is 1.20 bits per heavy atom. The third-order valence-electron chi connectivity index (χ3n) is 1.08. The van der Waals surface area contributed by atoms with Crippen molar-refractivity contribution in [3.8, 4) is 0 Å². The zero-order valence-corrected chi connectivity index (χ0v) is 7.20. The maximum atomic E-state index is 8.28. The summed E-state index contributed by atoms with van der Waals surface area (Å²) in [7, 11) is 0.611. The van der Waals surface area contributed by atoms with Crippen LogP contribution in [0.25, 0.3) is 0 Å². The van der Waals surface area contributed by atoms with Gasteiger partial charge in [-0.2, -0.15) is 0 Å². The van der Waals surface area contributed by atoms with Crippen LogP contribution in [-0.2, 0) is 11.1 Å². The standard InChI is InChI=1S/C7H9N.H3OP/c8-6-7-4-2-1-3-5-7;1-2/h1-5H,6,8H2;2H3. The third kappa shape index (κ3) is 3.44. The van der Waals surface area contributed by atoms with Gasteiger partial charge in [0.25, 0.3) is 0 Å². The van der Waals surface area contributed by atoms with Crippen LogP contribution in [0.15, 0.2) is 30.3 Å². The van der Waals surface area contributed by atoms with Gasteiger partial charge in [-0.25, -0.2) is 0 Å². The van der Waals surface area contributed by atoms with Gasteiger partial charge in [-0.05, 0) is 5.56 Å². The number of nitrogens with two attached hydrogens (primary N) is 1. The lowest BCUT2D eigenvalue weighted by Crippen LogP contribution is -1.94. The van der Waals surface area contributed by atoms with Crippen LogP contribution >= 0.6 is 9.12 Å². The van der Waals surface area contributed by atoms with Crippen LogP contribution < -0.4 is 5.73 Å². The van der Waals surface area contributed by atoms with Gasteiger partial charge in [0.2, 0.25) is 0 Å². The molecule has 2 nitrogen and oxygen atoms in total. The summed E-state index contributed by atoms with van der Waals surface area (Å²) < 4.78 is 8.28. The minimum Gasteiger partial charge on any atom is -0.333 e. The van der Waals surface area contributed by atoms with Gasteiger partial charge in [-0.1, -0.05) is 30.3 Å². The average Bonchev–Trinajstić information content (AvgIpc) is 2.10. The number of hydrogen-bond donors (Lipinski definition) is 1.